The maximum Gasteiger partial charge on any atom is 0.247 e. The fourth-order valence-corrected chi connectivity index (χ4v) is 3.01. The second-order valence-corrected chi connectivity index (χ2v) is 6.50. The lowest BCUT2D eigenvalue weighted by atomic mass is 10.00. The molecule has 0 saturated carbocycles. The number of carbonyl (C=O) groups is 1. The van der Waals surface area contributed by atoms with E-state index in [0.717, 1.165) is 25.3 Å². The van der Waals surface area contributed by atoms with Gasteiger partial charge in [-0.25, -0.2) is 4.68 Å². The van der Waals surface area contributed by atoms with Gasteiger partial charge in [0.15, 0.2) is 0 Å². The third-order valence-corrected chi connectivity index (χ3v) is 4.41. The summed E-state index contributed by atoms with van der Waals surface area (Å²) in [4.78, 5) is 14.6. The van der Waals surface area contributed by atoms with Crippen LogP contribution in [0.2, 0.25) is 0 Å². The normalized spacial score (nSPS) is 19.1. The Morgan fingerprint density at radius 2 is 2.17 bits per heavy atom. The Hall–Kier alpha value is -2.37. The second-order valence-electron chi connectivity index (χ2n) is 6.50. The smallest absolute Gasteiger partial charge is 0.247 e. The van der Waals surface area contributed by atoms with Crippen molar-refractivity contribution in [1.29, 1.82) is 0 Å². The summed E-state index contributed by atoms with van der Waals surface area (Å²) in [5.41, 5.74) is 0.713. The summed E-state index contributed by atoms with van der Waals surface area (Å²) in [5.74, 6) is 1.47. The monoisotopic (exact) mass is 328 g/mol. The molecule has 1 fully saturated rings. The molecule has 0 unspecified atom stereocenters. The third-order valence-electron chi connectivity index (χ3n) is 4.41. The Morgan fingerprint density at radius 3 is 2.92 bits per heavy atom. The van der Waals surface area contributed by atoms with E-state index in [4.69, 9.17) is 4.74 Å². The molecule has 1 aromatic heterocycles. The first-order chi connectivity index (χ1) is 11.6. The largest absolute Gasteiger partial charge is 0.487 e. The van der Waals surface area contributed by atoms with Crippen LogP contribution in [0.25, 0.3) is 0 Å². The van der Waals surface area contributed by atoms with Gasteiger partial charge in [-0.15, -0.1) is 5.10 Å². The van der Waals surface area contributed by atoms with Crippen molar-refractivity contribution in [1.82, 2.24) is 19.9 Å². The zero-order chi connectivity index (χ0) is 16.9. The predicted octanol–water partition coefficient (Wildman–Crippen LogP) is 2.68. The molecule has 2 heterocycles. The molecule has 0 radical (unpaired) electrons. The highest BCUT2D eigenvalue weighted by Gasteiger charge is 2.26. The first-order valence-corrected chi connectivity index (χ1v) is 8.51. The zero-order valence-electron chi connectivity index (χ0n) is 14.3. The molecule has 6 heteroatoms. The van der Waals surface area contributed by atoms with E-state index in [2.05, 4.69) is 17.2 Å². The number of rotatable bonds is 5. The van der Waals surface area contributed by atoms with E-state index >= 15 is 0 Å². The minimum absolute atomic E-state index is 0.113. The molecular weight excluding hydrogens is 304 g/mol. The van der Waals surface area contributed by atoms with Crippen LogP contribution in [0.15, 0.2) is 36.5 Å². The molecule has 1 amide bonds. The predicted molar refractivity (Wildman–Crippen MR) is 90.5 cm³/mol. The highest BCUT2D eigenvalue weighted by Crippen LogP contribution is 2.19. The van der Waals surface area contributed by atoms with E-state index in [1.807, 2.05) is 42.2 Å². The lowest BCUT2D eigenvalue weighted by Crippen LogP contribution is -2.42. The molecule has 0 N–H and O–H groups in total. The summed E-state index contributed by atoms with van der Waals surface area (Å²) in [7, 11) is 0. The van der Waals surface area contributed by atoms with E-state index in [1.54, 1.807) is 10.9 Å². The van der Waals surface area contributed by atoms with Crippen LogP contribution < -0.4 is 4.74 Å². The number of hydrogen-bond acceptors (Lipinski definition) is 4. The van der Waals surface area contributed by atoms with Gasteiger partial charge in [0.1, 0.15) is 24.1 Å². The van der Waals surface area contributed by atoms with Crippen LogP contribution in [0.5, 0.6) is 5.75 Å². The number of likely N-dealkylation sites (tertiary alicyclic amines) is 1. The van der Waals surface area contributed by atoms with Crippen LogP contribution in [-0.4, -0.2) is 38.9 Å². The van der Waals surface area contributed by atoms with Crippen LogP contribution in [0.1, 0.15) is 38.4 Å². The van der Waals surface area contributed by atoms with Crippen LogP contribution >= 0.6 is 0 Å². The van der Waals surface area contributed by atoms with E-state index < -0.39 is 0 Å². The topological polar surface area (TPSA) is 60.2 Å². The van der Waals surface area contributed by atoms with Crippen molar-refractivity contribution in [3.8, 4) is 5.75 Å². The molecule has 1 aliphatic heterocycles. The standard InChI is InChI=1S/C18H24N4O2/c1-14-7-6-10-21(11-14)18(23)15(2)22-12-16(19-20-22)13-24-17-8-4-3-5-9-17/h3-5,8-9,12,14-15H,6-7,10-11,13H2,1-2H3/t14-,15-/m1/s1. The molecule has 2 atom stereocenters. The van der Waals surface area contributed by atoms with Crippen LogP contribution in [0, 0.1) is 5.92 Å². The summed E-state index contributed by atoms with van der Waals surface area (Å²) in [5, 5.41) is 8.21. The summed E-state index contributed by atoms with van der Waals surface area (Å²) in [6, 6.07) is 9.24. The van der Waals surface area contributed by atoms with Gasteiger partial charge >= 0.3 is 0 Å². The quantitative estimate of drug-likeness (QED) is 0.846. The molecule has 0 bridgehead atoms. The lowest BCUT2D eigenvalue weighted by Gasteiger charge is -2.32. The van der Waals surface area contributed by atoms with Crippen molar-refractivity contribution in [2.75, 3.05) is 13.1 Å². The van der Waals surface area contributed by atoms with E-state index in [1.165, 1.54) is 6.42 Å². The van der Waals surface area contributed by atoms with Crippen molar-refractivity contribution in [3.05, 3.63) is 42.2 Å². The number of piperidine rings is 1. The number of hydrogen-bond donors (Lipinski definition) is 0. The van der Waals surface area contributed by atoms with Gasteiger partial charge in [0, 0.05) is 13.1 Å². The highest BCUT2D eigenvalue weighted by atomic mass is 16.5. The number of benzene rings is 1. The van der Waals surface area contributed by atoms with Crippen molar-refractivity contribution in [2.24, 2.45) is 5.92 Å². The van der Waals surface area contributed by atoms with Gasteiger partial charge in [-0.1, -0.05) is 30.3 Å². The van der Waals surface area contributed by atoms with Crippen molar-refractivity contribution < 1.29 is 9.53 Å². The second kappa shape index (κ2) is 7.47. The molecule has 1 aromatic carbocycles. The first-order valence-electron chi connectivity index (χ1n) is 8.51. The minimum atomic E-state index is -0.340. The molecule has 1 saturated heterocycles. The number of nitrogens with zero attached hydrogens (tertiary/aromatic N) is 4. The maximum absolute atomic E-state index is 12.6. The minimum Gasteiger partial charge on any atom is -0.487 e. The molecule has 24 heavy (non-hydrogen) atoms. The van der Waals surface area contributed by atoms with Crippen molar-refractivity contribution in [3.63, 3.8) is 0 Å². The van der Waals surface area contributed by atoms with E-state index in [0.29, 0.717) is 18.2 Å². The number of carbonyl (C=O) groups excluding carboxylic acids is 1. The fraction of sp³-hybridized carbons (Fsp3) is 0.500. The van der Waals surface area contributed by atoms with Crippen molar-refractivity contribution in [2.45, 2.75) is 39.3 Å². The van der Waals surface area contributed by atoms with Gasteiger partial charge in [0.05, 0.1) is 6.20 Å². The summed E-state index contributed by atoms with van der Waals surface area (Å²) >= 11 is 0. The van der Waals surface area contributed by atoms with Crippen LogP contribution in [0.3, 0.4) is 0 Å². The zero-order valence-corrected chi connectivity index (χ0v) is 14.3. The lowest BCUT2D eigenvalue weighted by molar-refractivity contribution is -0.136. The summed E-state index contributed by atoms with van der Waals surface area (Å²) in [6.45, 7) is 6.08. The number of aromatic nitrogens is 3. The molecule has 3 rings (SSSR count). The molecular formula is C18H24N4O2. The van der Waals surface area contributed by atoms with Gasteiger partial charge in [-0.2, -0.15) is 0 Å². The molecule has 2 aromatic rings. The van der Waals surface area contributed by atoms with Gasteiger partial charge < -0.3 is 9.64 Å². The van der Waals surface area contributed by atoms with Gasteiger partial charge in [0.2, 0.25) is 5.91 Å². The summed E-state index contributed by atoms with van der Waals surface area (Å²) in [6.07, 6.45) is 4.06. The van der Waals surface area contributed by atoms with Gasteiger partial charge in [-0.3, -0.25) is 4.79 Å². The Labute approximate surface area is 142 Å². The van der Waals surface area contributed by atoms with Crippen LogP contribution in [-0.2, 0) is 11.4 Å². The first kappa shape index (κ1) is 16.5. The Balaban J connectivity index is 1.58. The van der Waals surface area contributed by atoms with Crippen LogP contribution in [0.4, 0.5) is 0 Å². The maximum atomic E-state index is 12.6. The van der Waals surface area contributed by atoms with E-state index in [9.17, 15) is 4.79 Å². The molecule has 1 aliphatic rings. The molecule has 0 spiro atoms. The average molecular weight is 328 g/mol. The number of amides is 1. The Kier molecular flexibility index (Phi) is 5.13. The molecule has 6 nitrogen and oxygen atoms in total. The Morgan fingerprint density at radius 1 is 1.38 bits per heavy atom. The number of para-hydroxylation sites is 1. The Bertz CT molecular complexity index is 671. The highest BCUT2D eigenvalue weighted by molar-refractivity contribution is 5.80. The van der Waals surface area contributed by atoms with Gasteiger partial charge in [0.25, 0.3) is 0 Å². The fourth-order valence-electron chi connectivity index (χ4n) is 3.01. The average Bonchev–Trinajstić information content (AvgIpc) is 3.08. The SMILES string of the molecule is C[C@@H]1CCCN(C(=O)[C@@H](C)n2cc(COc3ccccc3)nn2)C1. The summed E-state index contributed by atoms with van der Waals surface area (Å²) < 4.78 is 7.30. The third kappa shape index (κ3) is 3.93. The molecule has 0 aliphatic carbocycles. The molecule has 128 valence electrons. The van der Waals surface area contributed by atoms with Crippen molar-refractivity contribution >= 4 is 5.91 Å². The van der Waals surface area contributed by atoms with Gasteiger partial charge in [-0.05, 0) is 37.8 Å². The number of ether oxygens (including phenoxy) is 1. The van der Waals surface area contributed by atoms with E-state index in [-0.39, 0.29) is 11.9 Å².